The number of nitrogens with one attached hydrogen (secondary N) is 2. The fraction of sp³-hybridized carbons (Fsp3) is 0.450. The number of carbonyl (C=O) groups is 2. The Labute approximate surface area is 158 Å². The van der Waals surface area contributed by atoms with Gasteiger partial charge < -0.3 is 19.9 Å². The summed E-state index contributed by atoms with van der Waals surface area (Å²) >= 11 is 0. The van der Waals surface area contributed by atoms with Gasteiger partial charge in [-0.3, -0.25) is 9.59 Å². The summed E-state index contributed by atoms with van der Waals surface area (Å²) in [5.74, 6) is -0.000654. The normalized spacial score (nSPS) is 15.7. The second kappa shape index (κ2) is 9.21. The molecule has 144 valence electrons. The minimum absolute atomic E-state index is 0.133. The van der Waals surface area contributed by atoms with Crippen molar-refractivity contribution in [1.82, 2.24) is 10.5 Å². The molecule has 1 heterocycles. The largest absolute Gasteiger partial charge is 0.466 e. The zero-order valence-corrected chi connectivity index (χ0v) is 15.4. The average molecular weight is 371 g/mol. The number of methoxy groups -OCH3 is 1. The van der Waals surface area contributed by atoms with Crippen molar-refractivity contribution in [2.24, 2.45) is 5.92 Å². The van der Waals surface area contributed by atoms with Crippen molar-refractivity contribution >= 4 is 17.5 Å². The van der Waals surface area contributed by atoms with Crippen molar-refractivity contribution in [3.05, 3.63) is 42.1 Å². The molecule has 2 aromatic rings. The number of ether oxygens (including phenoxy) is 1. The van der Waals surface area contributed by atoms with Crippen molar-refractivity contribution in [3.8, 4) is 5.95 Å². The van der Waals surface area contributed by atoms with E-state index < -0.39 is 6.04 Å². The number of amides is 2. The lowest BCUT2D eigenvalue weighted by molar-refractivity contribution is -0.118. The Morgan fingerprint density at radius 3 is 2.67 bits per heavy atom. The fourth-order valence-corrected chi connectivity index (χ4v) is 3.50. The number of anilines is 1. The van der Waals surface area contributed by atoms with Gasteiger partial charge in [0.15, 0.2) is 0 Å². The molecule has 3 rings (SSSR count). The van der Waals surface area contributed by atoms with E-state index in [4.69, 9.17) is 9.26 Å². The molecule has 1 saturated carbocycles. The number of nitrogens with zero attached hydrogens (tertiary/aromatic N) is 1. The first-order chi connectivity index (χ1) is 13.2. The Morgan fingerprint density at radius 2 is 1.96 bits per heavy atom. The van der Waals surface area contributed by atoms with Crippen LogP contribution in [0.15, 0.2) is 41.1 Å². The Hall–Kier alpha value is -2.83. The van der Waals surface area contributed by atoms with Gasteiger partial charge in [-0.1, -0.05) is 55.5 Å². The van der Waals surface area contributed by atoms with Gasteiger partial charge in [-0.2, -0.15) is 0 Å². The molecule has 1 aliphatic rings. The molecule has 1 atom stereocenters. The van der Waals surface area contributed by atoms with Gasteiger partial charge in [0.1, 0.15) is 11.7 Å². The number of hydrogen-bond donors (Lipinski definition) is 2. The molecule has 1 aliphatic carbocycles. The van der Waals surface area contributed by atoms with Crippen molar-refractivity contribution in [2.45, 2.75) is 44.6 Å². The highest BCUT2D eigenvalue weighted by atomic mass is 16.6. The first-order valence-electron chi connectivity index (χ1n) is 9.33. The predicted octanol–water partition coefficient (Wildman–Crippen LogP) is 3.39. The van der Waals surface area contributed by atoms with Gasteiger partial charge in [-0.05, 0) is 24.5 Å². The van der Waals surface area contributed by atoms with Crippen LogP contribution in [0.1, 0.15) is 48.9 Å². The molecule has 2 N–H and O–H groups in total. The standard InChI is InChI=1S/C20H25N3O4/c1-26-20-17(13-21-27-20)23-19(25)16(12-14-8-4-2-5-9-14)22-18(24)15-10-6-3-7-11-15/h3,6-7,10-11,13-14,16H,2,4-5,8-9,12H2,1H3,(H,22,24)(H,23,25)/t16-/m0/s1. The molecule has 7 heteroatoms. The zero-order chi connectivity index (χ0) is 19.1. The van der Waals surface area contributed by atoms with E-state index in [1.165, 1.54) is 32.6 Å². The van der Waals surface area contributed by atoms with Crippen LogP contribution in [0.25, 0.3) is 0 Å². The summed E-state index contributed by atoms with van der Waals surface area (Å²) in [6.45, 7) is 0. The van der Waals surface area contributed by atoms with Crippen LogP contribution < -0.4 is 15.4 Å². The van der Waals surface area contributed by atoms with Crippen LogP contribution in [0.3, 0.4) is 0 Å². The van der Waals surface area contributed by atoms with Crippen LogP contribution in [0.5, 0.6) is 5.95 Å². The third-order valence-corrected chi connectivity index (χ3v) is 4.93. The monoisotopic (exact) mass is 371 g/mol. The fourth-order valence-electron chi connectivity index (χ4n) is 3.50. The summed E-state index contributed by atoms with van der Waals surface area (Å²) in [4.78, 5) is 25.4. The molecule has 1 fully saturated rings. The quantitative estimate of drug-likeness (QED) is 0.778. The summed E-state index contributed by atoms with van der Waals surface area (Å²) in [7, 11) is 1.44. The smallest absolute Gasteiger partial charge is 0.334 e. The van der Waals surface area contributed by atoms with Crippen LogP contribution in [0, 0.1) is 5.92 Å². The third kappa shape index (κ3) is 5.09. The maximum absolute atomic E-state index is 12.9. The number of hydrogen-bond acceptors (Lipinski definition) is 5. The first-order valence-corrected chi connectivity index (χ1v) is 9.33. The van der Waals surface area contributed by atoms with Gasteiger partial charge in [-0.25, -0.2) is 0 Å². The van der Waals surface area contributed by atoms with Crippen molar-refractivity contribution in [3.63, 3.8) is 0 Å². The van der Waals surface area contributed by atoms with E-state index in [0.29, 0.717) is 23.6 Å². The number of benzene rings is 1. The average Bonchev–Trinajstić information content (AvgIpc) is 3.16. The Balaban J connectivity index is 1.71. The molecule has 0 saturated heterocycles. The van der Waals surface area contributed by atoms with E-state index in [1.54, 1.807) is 24.3 Å². The summed E-state index contributed by atoms with van der Waals surface area (Å²) in [6, 6.07) is 8.27. The molecular weight excluding hydrogens is 346 g/mol. The maximum atomic E-state index is 12.9. The molecule has 1 aromatic carbocycles. The second-order valence-electron chi connectivity index (χ2n) is 6.85. The molecular formula is C20H25N3O4. The molecule has 0 spiro atoms. The molecule has 0 radical (unpaired) electrons. The number of rotatable bonds is 7. The van der Waals surface area contributed by atoms with Crippen molar-refractivity contribution in [1.29, 1.82) is 0 Å². The van der Waals surface area contributed by atoms with E-state index in [-0.39, 0.29) is 17.8 Å². The van der Waals surface area contributed by atoms with E-state index >= 15 is 0 Å². The molecule has 2 amide bonds. The van der Waals surface area contributed by atoms with E-state index in [0.717, 1.165) is 12.8 Å². The lowest BCUT2D eigenvalue weighted by Gasteiger charge is -2.26. The minimum Gasteiger partial charge on any atom is -0.466 e. The van der Waals surface area contributed by atoms with E-state index in [1.807, 2.05) is 6.07 Å². The van der Waals surface area contributed by atoms with Crippen LogP contribution >= 0.6 is 0 Å². The number of carbonyl (C=O) groups excluding carboxylic acids is 2. The summed E-state index contributed by atoms with van der Waals surface area (Å²) in [5.41, 5.74) is 0.881. The minimum atomic E-state index is -0.639. The van der Waals surface area contributed by atoms with Gasteiger partial charge in [0.05, 0.1) is 13.3 Å². The molecule has 27 heavy (non-hydrogen) atoms. The maximum Gasteiger partial charge on any atom is 0.334 e. The van der Waals surface area contributed by atoms with Gasteiger partial charge in [0.25, 0.3) is 5.91 Å². The second-order valence-corrected chi connectivity index (χ2v) is 6.85. The van der Waals surface area contributed by atoms with E-state index in [2.05, 4.69) is 15.8 Å². The highest BCUT2D eigenvalue weighted by molar-refractivity contribution is 6.01. The van der Waals surface area contributed by atoms with Crippen LogP contribution in [-0.2, 0) is 4.79 Å². The lowest BCUT2D eigenvalue weighted by Crippen LogP contribution is -2.45. The van der Waals surface area contributed by atoms with E-state index in [9.17, 15) is 9.59 Å². The first kappa shape index (κ1) is 18.9. The molecule has 1 aromatic heterocycles. The Bertz CT molecular complexity index is 754. The lowest BCUT2D eigenvalue weighted by atomic mass is 9.84. The predicted molar refractivity (Wildman–Crippen MR) is 101 cm³/mol. The Kier molecular flexibility index (Phi) is 6.46. The topological polar surface area (TPSA) is 93.5 Å². The third-order valence-electron chi connectivity index (χ3n) is 4.93. The summed E-state index contributed by atoms with van der Waals surface area (Å²) < 4.78 is 9.96. The molecule has 0 bridgehead atoms. The Morgan fingerprint density at radius 1 is 1.22 bits per heavy atom. The van der Waals surface area contributed by atoms with Gasteiger partial charge in [0.2, 0.25) is 5.91 Å². The number of aromatic nitrogens is 1. The SMILES string of the molecule is COc1oncc1NC(=O)[C@H](CC1CCCCC1)NC(=O)c1ccccc1. The van der Waals surface area contributed by atoms with Gasteiger partial charge in [0, 0.05) is 5.56 Å². The highest BCUT2D eigenvalue weighted by Crippen LogP contribution is 2.28. The highest BCUT2D eigenvalue weighted by Gasteiger charge is 2.27. The zero-order valence-electron chi connectivity index (χ0n) is 15.4. The molecule has 0 unspecified atom stereocenters. The summed E-state index contributed by atoms with van der Waals surface area (Å²) in [5, 5.41) is 9.27. The van der Waals surface area contributed by atoms with Gasteiger partial charge in [-0.15, -0.1) is 0 Å². The van der Waals surface area contributed by atoms with Gasteiger partial charge >= 0.3 is 5.95 Å². The molecule has 0 aliphatic heterocycles. The van der Waals surface area contributed by atoms with Crippen LogP contribution in [0.2, 0.25) is 0 Å². The summed E-state index contributed by atoms with van der Waals surface area (Å²) in [6.07, 6.45) is 7.74. The van der Waals surface area contributed by atoms with Crippen LogP contribution in [0.4, 0.5) is 5.69 Å². The van der Waals surface area contributed by atoms with Crippen molar-refractivity contribution in [2.75, 3.05) is 12.4 Å². The van der Waals surface area contributed by atoms with Crippen LogP contribution in [-0.4, -0.2) is 30.1 Å². The van der Waals surface area contributed by atoms with Crippen molar-refractivity contribution < 1.29 is 18.8 Å². The molecule has 7 nitrogen and oxygen atoms in total.